The summed E-state index contributed by atoms with van der Waals surface area (Å²) in [6.45, 7) is 1.85. The van der Waals surface area contributed by atoms with Gasteiger partial charge in [-0.3, -0.25) is 9.59 Å². The Bertz CT molecular complexity index is 878. The number of amides is 2. The summed E-state index contributed by atoms with van der Waals surface area (Å²) in [4.78, 5) is 31.6. The molecule has 2 amide bonds. The Hall–Kier alpha value is -3.24. The average Bonchev–Trinajstić information content (AvgIpc) is 2.72. The summed E-state index contributed by atoms with van der Waals surface area (Å²) in [6, 6.07) is 5.09. The van der Waals surface area contributed by atoms with Gasteiger partial charge in [-0.05, 0) is 24.6 Å². The molecule has 0 spiro atoms. The summed E-state index contributed by atoms with van der Waals surface area (Å²) in [5.74, 6) is -4.96. The fourth-order valence-corrected chi connectivity index (χ4v) is 2.20. The fourth-order valence-electron chi connectivity index (χ4n) is 2.20. The minimum absolute atomic E-state index is 0.242. The van der Waals surface area contributed by atoms with Crippen LogP contribution in [0, 0.1) is 0 Å². The third kappa shape index (κ3) is 6.39. The maximum absolute atomic E-state index is 12.9. The summed E-state index contributed by atoms with van der Waals surface area (Å²) in [5, 5.41) is 5.27. The van der Waals surface area contributed by atoms with E-state index >= 15 is 0 Å². The Labute approximate surface area is 169 Å². The maximum Gasteiger partial charge on any atom is 0.340 e. The van der Waals surface area contributed by atoms with E-state index in [-0.39, 0.29) is 29.6 Å². The molecule has 0 aromatic carbocycles. The van der Waals surface area contributed by atoms with E-state index in [4.69, 9.17) is 0 Å². The molecule has 11 heteroatoms. The molecule has 2 heterocycles. The molecule has 0 bridgehead atoms. The van der Waals surface area contributed by atoms with Crippen molar-refractivity contribution in [2.45, 2.75) is 38.7 Å². The van der Waals surface area contributed by atoms with Crippen molar-refractivity contribution in [3.05, 3.63) is 47.8 Å². The van der Waals surface area contributed by atoms with Crippen LogP contribution < -0.4 is 15.4 Å². The van der Waals surface area contributed by atoms with E-state index in [0.717, 1.165) is 0 Å². The molecule has 2 N–H and O–H groups in total. The number of carbonyl (C=O) groups excluding carboxylic acids is 2. The van der Waals surface area contributed by atoms with Crippen LogP contribution in [0.3, 0.4) is 0 Å². The summed E-state index contributed by atoms with van der Waals surface area (Å²) >= 11 is 0. The number of nitrogens with one attached hydrogen (secondary N) is 2. The molecular formula is C19H20F4N4O3. The van der Waals surface area contributed by atoms with Crippen LogP contribution in [0.1, 0.15) is 42.2 Å². The van der Waals surface area contributed by atoms with Gasteiger partial charge in [-0.1, -0.05) is 13.0 Å². The summed E-state index contributed by atoms with van der Waals surface area (Å²) in [7, 11) is 0. The highest BCUT2D eigenvalue weighted by Crippen LogP contribution is 2.24. The van der Waals surface area contributed by atoms with Crippen molar-refractivity contribution in [1.29, 1.82) is 0 Å². The molecule has 0 saturated carbocycles. The first-order valence-electron chi connectivity index (χ1n) is 8.94. The molecule has 30 heavy (non-hydrogen) atoms. The van der Waals surface area contributed by atoms with Crippen LogP contribution in [0.5, 0.6) is 5.88 Å². The Kier molecular flexibility index (Phi) is 7.67. The molecule has 7 nitrogen and oxygen atoms in total. The topological polar surface area (TPSA) is 93.2 Å². The number of carbonyl (C=O) groups is 2. The Morgan fingerprint density at radius 3 is 2.53 bits per heavy atom. The van der Waals surface area contributed by atoms with Crippen LogP contribution in [-0.2, 0) is 4.79 Å². The van der Waals surface area contributed by atoms with Gasteiger partial charge >= 0.3 is 12.3 Å². The van der Waals surface area contributed by atoms with Gasteiger partial charge < -0.3 is 15.4 Å². The quantitative estimate of drug-likeness (QED) is 0.596. The summed E-state index contributed by atoms with van der Waals surface area (Å²) in [6.07, 6.45) is -0.911. The lowest BCUT2D eigenvalue weighted by molar-refractivity contribution is -0.148. The van der Waals surface area contributed by atoms with E-state index in [1.165, 1.54) is 36.7 Å². The SMILES string of the molecule is CCC(=O)Nc1cc(C(=O)NC(C)c2ccc(OCC(F)(F)C(F)F)nc2)ccn1. The van der Waals surface area contributed by atoms with Crippen molar-refractivity contribution in [3.8, 4) is 5.88 Å². The van der Waals surface area contributed by atoms with E-state index in [0.29, 0.717) is 5.56 Å². The molecule has 1 unspecified atom stereocenters. The second-order valence-electron chi connectivity index (χ2n) is 6.31. The largest absolute Gasteiger partial charge is 0.471 e. The Morgan fingerprint density at radius 2 is 1.93 bits per heavy atom. The number of halogens is 4. The first kappa shape index (κ1) is 23.0. The molecule has 0 fully saturated rings. The minimum atomic E-state index is -4.28. The zero-order valence-corrected chi connectivity index (χ0v) is 16.2. The Balaban J connectivity index is 1.97. The second-order valence-corrected chi connectivity index (χ2v) is 6.31. The van der Waals surface area contributed by atoms with E-state index in [2.05, 4.69) is 25.3 Å². The van der Waals surface area contributed by atoms with Crippen molar-refractivity contribution in [3.63, 3.8) is 0 Å². The third-order valence-electron chi connectivity index (χ3n) is 3.95. The highest BCUT2D eigenvalue weighted by atomic mass is 19.3. The molecule has 0 aliphatic rings. The lowest BCUT2D eigenvalue weighted by Crippen LogP contribution is -2.33. The smallest absolute Gasteiger partial charge is 0.340 e. The average molecular weight is 428 g/mol. The molecule has 2 aromatic heterocycles. The molecule has 0 aliphatic heterocycles. The van der Waals surface area contributed by atoms with Crippen LogP contribution in [0.2, 0.25) is 0 Å². The molecular weight excluding hydrogens is 408 g/mol. The Morgan fingerprint density at radius 1 is 1.20 bits per heavy atom. The van der Waals surface area contributed by atoms with Gasteiger partial charge in [-0.2, -0.15) is 8.78 Å². The van der Waals surface area contributed by atoms with E-state index in [1.807, 2.05) is 0 Å². The lowest BCUT2D eigenvalue weighted by atomic mass is 10.1. The van der Waals surface area contributed by atoms with E-state index in [1.54, 1.807) is 13.8 Å². The van der Waals surface area contributed by atoms with Gasteiger partial charge in [0.25, 0.3) is 5.91 Å². The molecule has 1 atom stereocenters. The lowest BCUT2D eigenvalue weighted by Gasteiger charge is -2.17. The predicted molar refractivity (Wildman–Crippen MR) is 99.7 cm³/mol. The number of nitrogens with zero attached hydrogens (tertiary/aromatic N) is 2. The highest BCUT2D eigenvalue weighted by Gasteiger charge is 2.41. The molecule has 2 rings (SSSR count). The van der Waals surface area contributed by atoms with Crippen LogP contribution in [0.15, 0.2) is 36.7 Å². The van der Waals surface area contributed by atoms with Crippen molar-refractivity contribution < 1.29 is 31.9 Å². The van der Waals surface area contributed by atoms with Crippen molar-refractivity contribution >= 4 is 17.6 Å². The van der Waals surface area contributed by atoms with Crippen molar-refractivity contribution in [1.82, 2.24) is 15.3 Å². The van der Waals surface area contributed by atoms with Gasteiger partial charge in [0, 0.05) is 30.4 Å². The summed E-state index contributed by atoms with van der Waals surface area (Å²) < 4.78 is 54.6. The molecule has 0 aliphatic carbocycles. The number of hydrogen-bond donors (Lipinski definition) is 2. The van der Waals surface area contributed by atoms with Gasteiger partial charge in [0.1, 0.15) is 5.82 Å². The number of hydrogen-bond acceptors (Lipinski definition) is 5. The number of aromatic nitrogens is 2. The zero-order valence-electron chi connectivity index (χ0n) is 16.2. The van der Waals surface area contributed by atoms with E-state index in [9.17, 15) is 27.2 Å². The van der Waals surface area contributed by atoms with E-state index < -0.39 is 30.9 Å². The van der Waals surface area contributed by atoms with Crippen molar-refractivity contribution in [2.24, 2.45) is 0 Å². The monoisotopic (exact) mass is 428 g/mol. The normalized spacial score (nSPS) is 12.4. The van der Waals surface area contributed by atoms with Gasteiger partial charge in [0.2, 0.25) is 11.8 Å². The first-order valence-corrected chi connectivity index (χ1v) is 8.94. The van der Waals surface area contributed by atoms with Gasteiger partial charge in [0.15, 0.2) is 6.61 Å². The number of ether oxygens (including phenoxy) is 1. The molecule has 0 radical (unpaired) electrons. The predicted octanol–water partition coefficient (Wildman–Crippen LogP) is 3.60. The molecule has 2 aromatic rings. The number of alkyl halides is 4. The summed E-state index contributed by atoms with van der Waals surface area (Å²) in [5.41, 5.74) is 0.801. The van der Waals surface area contributed by atoms with Crippen LogP contribution in [-0.4, -0.2) is 40.7 Å². The standard InChI is InChI=1S/C19H20F4N4O3/c1-3-15(28)27-14-8-12(6-7-24-14)17(29)26-11(2)13-4-5-16(25-9-13)30-10-19(22,23)18(20)21/h4-9,11,18H,3,10H2,1-2H3,(H,26,29)(H,24,27,28). The maximum atomic E-state index is 12.9. The van der Waals surface area contributed by atoms with Crippen LogP contribution >= 0.6 is 0 Å². The second kappa shape index (κ2) is 9.99. The van der Waals surface area contributed by atoms with Gasteiger partial charge in [-0.25, -0.2) is 18.7 Å². The molecule has 162 valence electrons. The molecule has 0 saturated heterocycles. The number of rotatable bonds is 9. The minimum Gasteiger partial charge on any atom is -0.471 e. The highest BCUT2D eigenvalue weighted by molar-refractivity contribution is 5.96. The number of anilines is 1. The van der Waals surface area contributed by atoms with Gasteiger partial charge in [-0.15, -0.1) is 0 Å². The third-order valence-corrected chi connectivity index (χ3v) is 3.95. The van der Waals surface area contributed by atoms with Crippen molar-refractivity contribution in [2.75, 3.05) is 11.9 Å². The van der Waals surface area contributed by atoms with Crippen LogP contribution in [0.4, 0.5) is 23.4 Å². The first-order chi connectivity index (χ1) is 14.1. The zero-order chi connectivity index (χ0) is 22.3. The fraction of sp³-hybridized carbons (Fsp3) is 0.368. The van der Waals surface area contributed by atoms with Gasteiger partial charge in [0.05, 0.1) is 6.04 Å². The van der Waals surface area contributed by atoms with Crippen LogP contribution in [0.25, 0.3) is 0 Å². The number of pyridine rings is 2.